The van der Waals surface area contributed by atoms with E-state index in [2.05, 4.69) is 58.4 Å². The first-order valence-electron chi connectivity index (χ1n) is 7.54. The largest absolute Gasteiger partial charge is 0.0877 e. The van der Waals surface area contributed by atoms with Crippen molar-refractivity contribution in [2.24, 2.45) is 17.8 Å². The summed E-state index contributed by atoms with van der Waals surface area (Å²) in [4.78, 5) is 0. The second-order valence-corrected chi connectivity index (χ2v) is 18.5. The molecule has 0 saturated carbocycles. The highest BCUT2D eigenvalue weighted by Gasteiger charge is 2.45. The Bertz CT molecular complexity index is 390. The van der Waals surface area contributed by atoms with Crippen LogP contribution in [-0.4, -0.2) is 16.1 Å². The van der Waals surface area contributed by atoms with E-state index < -0.39 is 16.1 Å². The van der Waals surface area contributed by atoms with Crippen LogP contribution in [0.2, 0.25) is 39.3 Å². The van der Waals surface area contributed by atoms with E-state index in [1.165, 1.54) is 12.8 Å². The number of fused-ring (bicyclic) bond motifs is 2. The molecule has 0 heterocycles. The summed E-state index contributed by atoms with van der Waals surface area (Å²) in [6.07, 6.45) is 7.73. The molecule has 0 spiro atoms. The van der Waals surface area contributed by atoms with E-state index in [-0.39, 0.29) is 0 Å². The van der Waals surface area contributed by atoms with Gasteiger partial charge in [-0.3, -0.25) is 0 Å². The molecule has 2 heteroatoms. The second kappa shape index (κ2) is 4.48. The van der Waals surface area contributed by atoms with Crippen LogP contribution in [0.3, 0.4) is 0 Å². The van der Waals surface area contributed by atoms with Crippen LogP contribution in [-0.2, 0) is 0 Å². The van der Waals surface area contributed by atoms with Crippen LogP contribution >= 0.6 is 0 Å². The lowest BCUT2D eigenvalue weighted by Gasteiger charge is -2.33. The van der Waals surface area contributed by atoms with Crippen LogP contribution in [0.5, 0.6) is 0 Å². The van der Waals surface area contributed by atoms with Crippen LogP contribution in [0.25, 0.3) is 0 Å². The lowest BCUT2D eigenvalue weighted by Crippen LogP contribution is -2.36. The molecule has 2 bridgehead atoms. The predicted octanol–water partition coefficient (Wildman–Crippen LogP) is 5.27. The molecule has 0 aromatic carbocycles. The highest BCUT2D eigenvalue weighted by molar-refractivity contribution is 6.89. The smallest absolute Gasteiger partial charge is 0.0722 e. The van der Waals surface area contributed by atoms with E-state index in [0.29, 0.717) is 0 Å². The standard InChI is InChI=1S/C16H30Si2/c1-12-9-8-10-13-11-14(12)16(18(5,6)7)15(13)17(2,3)4/h8-9,12-14H,10-11H2,1-7H3/t12-,13-,14-/m0/s1. The van der Waals surface area contributed by atoms with E-state index in [4.69, 9.17) is 0 Å². The van der Waals surface area contributed by atoms with Crippen molar-refractivity contribution >= 4 is 16.1 Å². The first-order chi connectivity index (χ1) is 8.12. The average Bonchev–Trinajstić information content (AvgIpc) is 2.45. The summed E-state index contributed by atoms with van der Waals surface area (Å²) in [6, 6.07) is 0. The average molecular weight is 279 g/mol. The van der Waals surface area contributed by atoms with Gasteiger partial charge >= 0.3 is 0 Å². The molecule has 3 atom stereocenters. The summed E-state index contributed by atoms with van der Waals surface area (Å²) < 4.78 is 0. The summed E-state index contributed by atoms with van der Waals surface area (Å²) in [5.41, 5.74) is 0. The quantitative estimate of drug-likeness (QED) is 0.477. The van der Waals surface area contributed by atoms with Crippen molar-refractivity contribution in [3.63, 3.8) is 0 Å². The van der Waals surface area contributed by atoms with Crippen LogP contribution in [0, 0.1) is 17.8 Å². The van der Waals surface area contributed by atoms with Gasteiger partial charge in [0.25, 0.3) is 0 Å². The Morgan fingerprint density at radius 2 is 1.50 bits per heavy atom. The van der Waals surface area contributed by atoms with Crippen LogP contribution in [0.4, 0.5) is 0 Å². The van der Waals surface area contributed by atoms with Crippen molar-refractivity contribution in [1.82, 2.24) is 0 Å². The molecule has 0 aliphatic heterocycles. The fourth-order valence-corrected chi connectivity index (χ4v) is 11.4. The van der Waals surface area contributed by atoms with Gasteiger partial charge in [0.05, 0.1) is 16.1 Å². The first-order valence-corrected chi connectivity index (χ1v) is 14.5. The zero-order valence-electron chi connectivity index (χ0n) is 13.3. The van der Waals surface area contributed by atoms with Crippen molar-refractivity contribution in [1.29, 1.82) is 0 Å². The molecule has 0 amide bonds. The van der Waals surface area contributed by atoms with E-state index >= 15 is 0 Å². The highest BCUT2D eigenvalue weighted by atomic mass is 28.3. The molecular weight excluding hydrogens is 248 g/mol. The molecule has 2 aliphatic carbocycles. The zero-order chi connectivity index (χ0) is 13.7. The summed E-state index contributed by atoms with van der Waals surface area (Å²) in [5, 5.41) is 3.95. The maximum atomic E-state index is 2.57. The number of hydrogen-bond acceptors (Lipinski definition) is 0. The maximum Gasteiger partial charge on any atom is 0.0722 e. The van der Waals surface area contributed by atoms with Crippen molar-refractivity contribution in [3.05, 3.63) is 22.5 Å². The minimum Gasteiger partial charge on any atom is -0.0877 e. The maximum absolute atomic E-state index is 2.57. The molecule has 2 aliphatic rings. The van der Waals surface area contributed by atoms with E-state index in [0.717, 1.165) is 17.8 Å². The molecule has 0 saturated heterocycles. The summed E-state index contributed by atoms with van der Waals surface area (Å²) in [6.45, 7) is 17.8. The van der Waals surface area contributed by atoms with Gasteiger partial charge in [0, 0.05) is 0 Å². The predicted molar refractivity (Wildman–Crippen MR) is 88.2 cm³/mol. The fourth-order valence-electron chi connectivity index (χ4n) is 4.22. The molecule has 0 nitrogen and oxygen atoms in total. The Balaban J connectivity index is 2.57. The lowest BCUT2D eigenvalue weighted by molar-refractivity contribution is 0.455. The zero-order valence-corrected chi connectivity index (χ0v) is 15.3. The Morgan fingerprint density at radius 3 is 2.00 bits per heavy atom. The van der Waals surface area contributed by atoms with Crippen LogP contribution < -0.4 is 0 Å². The van der Waals surface area contributed by atoms with Crippen molar-refractivity contribution in [2.45, 2.75) is 59.0 Å². The molecule has 0 unspecified atom stereocenters. The molecule has 102 valence electrons. The van der Waals surface area contributed by atoms with Gasteiger partial charge in [0.2, 0.25) is 0 Å². The Morgan fingerprint density at radius 1 is 0.944 bits per heavy atom. The van der Waals surface area contributed by atoms with Gasteiger partial charge in [-0.05, 0) is 30.6 Å². The van der Waals surface area contributed by atoms with E-state index in [9.17, 15) is 0 Å². The monoisotopic (exact) mass is 278 g/mol. The molecule has 0 aromatic heterocycles. The van der Waals surface area contributed by atoms with Crippen molar-refractivity contribution < 1.29 is 0 Å². The SMILES string of the molecule is C[C@H]1C=CC[C@H]2C[C@@H]1C([Si](C)(C)C)=C2[Si](C)(C)C. The van der Waals surface area contributed by atoms with Gasteiger partial charge in [0.1, 0.15) is 0 Å². The fraction of sp³-hybridized carbons (Fsp3) is 0.750. The van der Waals surface area contributed by atoms with Gasteiger partial charge in [-0.1, -0.05) is 68.8 Å². The third kappa shape index (κ3) is 2.46. The third-order valence-electron chi connectivity index (χ3n) is 4.72. The molecule has 18 heavy (non-hydrogen) atoms. The highest BCUT2D eigenvalue weighted by Crippen LogP contribution is 2.50. The molecule has 0 aromatic rings. The van der Waals surface area contributed by atoms with Gasteiger partial charge in [-0.25, -0.2) is 0 Å². The Labute approximate surface area is 116 Å². The van der Waals surface area contributed by atoms with Crippen molar-refractivity contribution in [3.8, 4) is 0 Å². The minimum atomic E-state index is -1.17. The first kappa shape index (κ1) is 14.3. The molecule has 0 fully saturated rings. The van der Waals surface area contributed by atoms with Gasteiger partial charge in [-0.2, -0.15) is 0 Å². The number of allylic oxidation sites excluding steroid dienone is 4. The summed E-state index contributed by atoms with van der Waals surface area (Å²) in [7, 11) is -2.32. The lowest BCUT2D eigenvalue weighted by atomic mass is 9.93. The number of rotatable bonds is 2. The Kier molecular flexibility index (Phi) is 3.57. The van der Waals surface area contributed by atoms with E-state index in [1.54, 1.807) is 0 Å². The van der Waals surface area contributed by atoms with Gasteiger partial charge in [0.15, 0.2) is 0 Å². The molecule has 2 rings (SSSR count). The van der Waals surface area contributed by atoms with E-state index in [1.807, 2.05) is 10.4 Å². The minimum absolute atomic E-state index is 0.769. The second-order valence-electron chi connectivity index (χ2n) is 8.39. The Hall–Kier alpha value is -0.0862. The number of hydrogen-bond donors (Lipinski definition) is 0. The third-order valence-corrected chi connectivity index (χ3v) is 9.52. The normalized spacial score (nSPS) is 32.9. The van der Waals surface area contributed by atoms with Crippen molar-refractivity contribution in [2.75, 3.05) is 0 Å². The van der Waals surface area contributed by atoms with Gasteiger partial charge < -0.3 is 0 Å². The topological polar surface area (TPSA) is 0 Å². The molecule has 0 N–H and O–H groups in total. The molecular formula is C16H30Si2. The summed E-state index contributed by atoms with van der Waals surface area (Å²) >= 11 is 0. The van der Waals surface area contributed by atoms with Crippen LogP contribution in [0.1, 0.15) is 19.8 Å². The van der Waals surface area contributed by atoms with Gasteiger partial charge in [-0.15, -0.1) is 0 Å². The summed E-state index contributed by atoms with van der Waals surface area (Å²) in [5.74, 6) is 2.54. The molecule has 0 radical (unpaired) electrons. The van der Waals surface area contributed by atoms with Crippen LogP contribution in [0.15, 0.2) is 22.5 Å².